The summed E-state index contributed by atoms with van der Waals surface area (Å²) < 4.78 is 0. The first kappa shape index (κ1) is 14.5. The molecule has 0 fully saturated rings. The first-order valence-electron chi connectivity index (χ1n) is 5.62. The Bertz CT molecular complexity index is 488. The van der Waals surface area contributed by atoms with E-state index in [2.05, 4.69) is 10.6 Å². The molecule has 0 atom stereocenters. The molecule has 0 aliphatic carbocycles. The van der Waals surface area contributed by atoms with Gasteiger partial charge in [-0.05, 0) is 11.6 Å². The highest BCUT2D eigenvalue weighted by molar-refractivity contribution is 5.91. The second kappa shape index (κ2) is 7.00. The van der Waals surface area contributed by atoms with Gasteiger partial charge in [0.15, 0.2) is 0 Å². The van der Waals surface area contributed by atoms with E-state index >= 15 is 0 Å². The normalized spacial score (nSPS) is 9.68. The minimum absolute atomic E-state index is 0.0287. The molecule has 0 aliphatic heterocycles. The van der Waals surface area contributed by atoms with Crippen LogP contribution in [-0.4, -0.2) is 36.1 Å². The summed E-state index contributed by atoms with van der Waals surface area (Å²) >= 11 is 0. The van der Waals surface area contributed by atoms with Crippen molar-refractivity contribution < 1.29 is 19.5 Å². The number of aromatic carboxylic acids is 1. The van der Waals surface area contributed by atoms with Crippen molar-refractivity contribution >= 4 is 17.9 Å². The smallest absolute Gasteiger partial charge is 0.335 e. The third-order valence-electron chi connectivity index (χ3n) is 2.35. The minimum atomic E-state index is -1.07. The van der Waals surface area contributed by atoms with E-state index in [-0.39, 0.29) is 31.0 Å². The van der Waals surface area contributed by atoms with Gasteiger partial charge >= 0.3 is 12.0 Å². The Labute approximate surface area is 109 Å². The van der Waals surface area contributed by atoms with E-state index in [4.69, 9.17) is 10.8 Å². The molecular formula is C12H15N3O4. The van der Waals surface area contributed by atoms with Crippen LogP contribution in [0.5, 0.6) is 0 Å². The average Bonchev–Trinajstić information content (AvgIpc) is 2.35. The van der Waals surface area contributed by atoms with Crippen molar-refractivity contribution in [1.29, 1.82) is 0 Å². The van der Waals surface area contributed by atoms with E-state index in [1.165, 1.54) is 6.07 Å². The minimum Gasteiger partial charge on any atom is -0.478 e. The van der Waals surface area contributed by atoms with Gasteiger partial charge in [-0.2, -0.15) is 0 Å². The van der Waals surface area contributed by atoms with Gasteiger partial charge in [0.1, 0.15) is 0 Å². The number of rotatable bonds is 6. The molecule has 0 saturated heterocycles. The maximum absolute atomic E-state index is 11.6. The van der Waals surface area contributed by atoms with Crippen LogP contribution in [0.4, 0.5) is 4.79 Å². The van der Waals surface area contributed by atoms with E-state index in [1.807, 2.05) is 0 Å². The van der Waals surface area contributed by atoms with Crippen molar-refractivity contribution in [3.05, 3.63) is 35.4 Å². The molecule has 0 spiro atoms. The van der Waals surface area contributed by atoms with E-state index in [1.54, 1.807) is 18.2 Å². The topological polar surface area (TPSA) is 122 Å². The average molecular weight is 265 g/mol. The van der Waals surface area contributed by atoms with Gasteiger partial charge in [0, 0.05) is 13.1 Å². The number of benzene rings is 1. The maximum Gasteiger partial charge on any atom is 0.335 e. The fourth-order valence-electron chi connectivity index (χ4n) is 1.51. The predicted octanol–water partition coefficient (Wildman–Crippen LogP) is -0.288. The van der Waals surface area contributed by atoms with Crippen LogP contribution >= 0.6 is 0 Å². The van der Waals surface area contributed by atoms with Crippen LogP contribution in [0.15, 0.2) is 24.3 Å². The highest BCUT2D eigenvalue weighted by Crippen LogP contribution is 2.09. The van der Waals surface area contributed by atoms with Gasteiger partial charge < -0.3 is 21.5 Å². The Morgan fingerprint density at radius 2 is 1.74 bits per heavy atom. The number of hydrogen-bond acceptors (Lipinski definition) is 3. The van der Waals surface area contributed by atoms with Crippen LogP contribution in [0.25, 0.3) is 0 Å². The van der Waals surface area contributed by atoms with E-state index in [0.717, 1.165) is 0 Å². The first-order valence-corrected chi connectivity index (χ1v) is 5.62. The molecule has 7 nitrogen and oxygen atoms in total. The summed E-state index contributed by atoms with van der Waals surface area (Å²) in [6.45, 7) is 0.457. The van der Waals surface area contributed by atoms with Crippen LogP contribution in [0.1, 0.15) is 15.9 Å². The van der Waals surface area contributed by atoms with Crippen molar-refractivity contribution in [2.75, 3.05) is 13.1 Å². The summed E-state index contributed by atoms with van der Waals surface area (Å²) in [4.78, 5) is 32.9. The molecule has 7 heteroatoms. The molecule has 0 aliphatic rings. The zero-order valence-corrected chi connectivity index (χ0v) is 10.2. The fourth-order valence-corrected chi connectivity index (χ4v) is 1.51. The molecule has 19 heavy (non-hydrogen) atoms. The van der Waals surface area contributed by atoms with Gasteiger partial charge in [-0.25, -0.2) is 9.59 Å². The molecule has 0 bridgehead atoms. The van der Waals surface area contributed by atoms with Crippen molar-refractivity contribution in [2.24, 2.45) is 5.73 Å². The molecule has 0 aromatic heterocycles. The number of amides is 3. The van der Waals surface area contributed by atoms with Crippen molar-refractivity contribution in [1.82, 2.24) is 10.6 Å². The summed E-state index contributed by atoms with van der Waals surface area (Å²) in [7, 11) is 0. The molecule has 5 N–H and O–H groups in total. The monoisotopic (exact) mass is 265 g/mol. The van der Waals surface area contributed by atoms with Gasteiger partial charge in [-0.15, -0.1) is 0 Å². The summed E-state index contributed by atoms with van der Waals surface area (Å²) in [5.74, 6) is -1.39. The number of hydrogen-bond donors (Lipinski definition) is 4. The van der Waals surface area contributed by atoms with Gasteiger partial charge in [-0.3, -0.25) is 4.79 Å². The Kier molecular flexibility index (Phi) is 5.34. The number of nitrogens with one attached hydrogen (secondary N) is 2. The molecule has 102 valence electrons. The molecule has 0 saturated carbocycles. The third kappa shape index (κ3) is 5.07. The number of nitrogens with two attached hydrogens (primary N) is 1. The van der Waals surface area contributed by atoms with E-state index in [0.29, 0.717) is 5.56 Å². The van der Waals surface area contributed by atoms with Crippen molar-refractivity contribution in [2.45, 2.75) is 6.42 Å². The second-order valence-corrected chi connectivity index (χ2v) is 3.78. The first-order chi connectivity index (χ1) is 9.00. The van der Waals surface area contributed by atoms with Crippen molar-refractivity contribution in [3.63, 3.8) is 0 Å². The largest absolute Gasteiger partial charge is 0.478 e. The fraction of sp³-hybridized carbons (Fsp3) is 0.250. The van der Waals surface area contributed by atoms with Gasteiger partial charge in [-0.1, -0.05) is 18.2 Å². The number of carbonyl (C=O) groups is 3. The van der Waals surface area contributed by atoms with E-state index < -0.39 is 12.0 Å². The van der Waals surface area contributed by atoms with Gasteiger partial charge in [0.2, 0.25) is 5.91 Å². The number of urea groups is 1. The Morgan fingerprint density at radius 1 is 1.11 bits per heavy atom. The predicted molar refractivity (Wildman–Crippen MR) is 67.7 cm³/mol. The molecule has 0 unspecified atom stereocenters. The Hall–Kier alpha value is -2.57. The number of carboxylic acids is 1. The SMILES string of the molecule is NC(=O)NCCNC(=O)Cc1ccccc1C(=O)O. The lowest BCUT2D eigenvalue weighted by Gasteiger charge is -2.07. The highest BCUT2D eigenvalue weighted by atomic mass is 16.4. The third-order valence-corrected chi connectivity index (χ3v) is 2.35. The van der Waals surface area contributed by atoms with Crippen molar-refractivity contribution in [3.8, 4) is 0 Å². The lowest BCUT2D eigenvalue weighted by Crippen LogP contribution is -2.37. The van der Waals surface area contributed by atoms with Crippen LogP contribution in [0, 0.1) is 0 Å². The highest BCUT2D eigenvalue weighted by Gasteiger charge is 2.11. The van der Waals surface area contributed by atoms with E-state index in [9.17, 15) is 14.4 Å². The number of carbonyl (C=O) groups excluding carboxylic acids is 2. The lowest BCUT2D eigenvalue weighted by molar-refractivity contribution is -0.120. The molecular weight excluding hydrogens is 250 g/mol. The van der Waals surface area contributed by atoms with Gasteiger partial charge in [0.05, 0.1) is 12.0 Å². The Morgan fingerprint density at radius 3 is 2.37 bits per heavy atom. The van der Waals surface area contributed by atoms with Gasteiger partial charge in [0.25, 0.3) is 0 Å². The van der Waals surface area contributed by atoms with Crippen LogP contribution in [-0.2, 0) is 11.2 Å². The molecule has 0 radical (unpaired) electrons. The zero-order chi connectivity index (χ0) is 14.3. The van der Waals surface area contributed by atoms with Crippen LogP contribution < -0.4 is 16.4 Å². The molecule has 1 aromatic carbocycles. The van der Waals surface area contributed by atoms with Crippen LogP contribution in [0.3, 0.4) is 0 Å². The molecule has 1 rings (SSSR count). The number of carboxylic acid groups (broad SMARTS) is 1. The maximum atomic E-state index is 11.6. The summed E-state index contributed by atoms with van der Waals surface area (Å²) in [5.41, 5.74) is 5.40. The number of primary amides is 1. The quantitative estimate of drug-likeness (QED) is 0.528. The Balaban J connectivity index is 2.48. The molecule has 1 aromatic rings. The molecule has 3 amide bonds. The van der Waals surface area contributed by atoms with Crippen LogP contribution in [0.2, 0.25) is 0 Å². The lowest BCUT2D eigenvalue weighted by atomic mass is 10.0. The summed E-state index contributed by atoms with van der Waals surface area (Å²) in [5, 5.41) is 13.8. The molecule has 0 heterocycles. The standard InChI is InChI=1S/C12H15N3O4/c13-12(19)15-6-5-14-10(16)7-8-3-1-2-4-9(8)11(17)18/h1-4H,5-7H2,(H,14,16)(H,17,18)(H3,13,15,19). The zero-order valence-electron chi connectivity index (χ0n) is 10.2. The second-order valence-electron chi connectivity index (χ2n) is 3.78. The summed E-state index contributed by atoms with van der Waals surface area (Å²) in [6, 6.07) is 5.64. The summed E-state index contributed by atoms with van der Waals surface area (Å²) in [6.07, 6.45) is -0.0287.